The summed E-state index contributed by atoms with van der Waals surface area (Å²) in [6.07, 6.45) is -10.2. The second-order valence-corrected chi connectivity index (χ2v) is 10.2. The smallest absolute Gasteiger partial charge is 0.316 e. The number of hydrogen-bond donors (Lipinski definition) is 0. The van der Waals surface area contributed by atoms with Crippen LogP contribution in [0.2, 0.25) is 0 Å². The quantitative estimate of drug-likeness (QED) is 0.243. The van der Waals surface area contributed by atoms with E-state index in [1.165, 1.54) is 12.2 Å². The van der Waals surface area contributed by atoms with E-state index in [0.717, 1.165) is 12.8 Å². The van der Waals surface area contributed by atoms with Gasteiger partial charge in [0.2, 0.25) is 0 Å². The molecule has 1 nitrogen and oxygen atoms in total. The topological polar surface area (TPSA) is 9.23 Å². The zero-order chi connectivity index (χ0) is 28.0. The third-order valence-corrected chi connectivity index (χ3v) is 7.44. The molecule has 0 amide bonds. The average Bonchev–Trinajstić information content (AvgIpc) is 2.77. The normalized spacial score (nSPS) is 35.0. The van der Waals surface area contributed by atoms with E-state index in [4.69, 9.17) is 0 Å². The molecular formula is C27H26F10O. The van der Waals surface area contributed by atoms with Crippen molar-refractivity contribution in [2.24, 2.45) is 23.7 Å². The summed E-state index contributed by atoms with van der Waals surface area (Å²) in [5.41, 5.74) is -2.55. The molecule has 0 fully saturated rings. The van der Waals surface area contributed by atoms with Gasteiger partial charge in [-0.1, -0.05) is 25.2 Å². The van der Waals surface area contributed by atoms with Crippen molar-refractivity contribution in [3.63, 3.8) is 0 Å². The van der Waals surface area contributed by atoms with Crippen molar-refractivity contribution in [1.29, 1.82) is 0 Å². The van der Waals surface area contributed by atoms with Gasteiger partial charge in [-0.05, 0) is 60.8 Å². The third kappa shape index (κ3) is 5.97. The number of halogens is 10. The molecule has 0 aliphatic heterocycles. The highest BCUT2D eigenvalue weighted by Crippen LogP contribution is 2.47. The number of rotatable bonds is 5. The Morgan fingerprint density at radius 1 is 0.921 bits per heavy atom. The Labute approximate surface area is 213 Å². The summed E-state index contributed by atoms with van der Waals surface area (Å²) in [5, 5.41) is 0. The van der Waals surface area contributed by atoms with Crippen LogP contribution in [0, 0.1) is 23.7 Å². The molecule has 4 rings (SSSR count). The fraction of sp³-hybridized carbons (Fsp3) is 0.556. The van der Waals surface area contributed by atoms with Crippen molar-refractivity contribution in [2.75, 3.05) is 0 Å². The van der Waals surface area contributed by atoms with Gasteiger partial charge in [0.1, 0.15) is 35.7 Å². The minimum Gasteiger partial charge on any atom is -0.316 e. The van der Waals surface area contributed by atoms with Crippen LogP contribution in [0.5, 0.6) is 0 Å². The number of allylic oxidation sites excluding steroid dienone is 10. The molecule has 0 spiro atoms. The molecule has 38 heavy (non-hydrogen) atoms. The summed E-state index contributed by atoms with van der Waals surface area (Å²) < 4.78 is 144. The fourth-order valence-corrected chi connectivity index (χ4v) is 5.44. The van der Waals surface area contributed by atoms with Crippen LogP contribution < -0.4 is 0 Å². The molecule has 7 atom stereocenters. The number of hydrogen-bond acceptors (Lipinski definition) is 1. The maximum atomic E-state index is 14.9. The van der Waals surface area contributed by atoms with E-state index in [2.05, 4.69) is 17.7 Å². The lowest BCUT2D eigenvalue weighted by molar-refractivity contribution is -0.297. The minimum absolute atomic E-state index is 0.104. The van der Waals surface area contributed by atoms with Crippen LogP contribution in [0.4, 0.5) is 43.9 Å². The summed E-state index contributed by atoms with van der Waals surface area (Å²) in [5.74, 6) is -6.94. The first-order valence-corrected chi connectivity index (χ1v) is 12.3. The Balaban J connectivity index is 1.46. The molecular weight excluding hydrogens is 530 g/mol. The van der Waals surface area contributed by atoms with Crippen molar-refractivity contribution in [3.8, 4) is 0 Å². The van der Waals surface area contributed by atoms with Gasteiger partial charge in [0.25, 0.3) is 0 Å². The number of ether oxygens (including phenoxy) is 1. The number of alkyl halides is 7. The SMILES string of the molecule is CC1C=CC(C2C=C(F)C(C3=C[C@H](F)C(C(F)(F)OC4CC(F)=C(C(F)(F)F)C(F)C4)C(F)=C3)=CC2)CC1. The van der Waals surface area contributed by atoms with Crippen LogP contribution in [-0.4, -0.2) is 30.7 Å². The average molecular weight is 556 g/mol. The molecule has 0 N–H and O–H groups in total. The fourth-order valence-electron chi connectivity index (χ4n) is 5.44. The lowest BCUT2D eigenvalue weighted by Gasteiger charge is -2.35. The van der Waals surface area contributed by atoms with Gasteiger partial charge in [-0.2, -0.15) is 22.0 Å². The largest absolute Gasteiger partial charge is 0.417 e. The van der Waals surface area contributed by atoms with Gasteiger partial charge < -0.3 is 4.74 Å². The van der Waals surface area contributed by atoms with Crippen molar-refractivity contribution >= 4 is 0 Å². The monoisotopic (exact) mass is 556 g/mol. The van der Waals surface area contributed by atoms with E-state index in [-0.39, 0.29) is 23.0 Å². The molecule has 4 aliphatic rings. The van der Waals surface area contributed by atoms with Gasteiger partial charge in [0.05, 0.1) is 11.7 Å². The first-order chi connectivity index (χ1) is 17.7. The third-order valence-electron chi connectivity index (χ3n) is 7.44. The van der Waals surface area contributed by atoms with Crippen molar-refractivity contribution < 1.29 is 48.6 Å². The second kappa shape index (κ2) is 10.7. The molecule has 0 saturated carbocycles. The molecule has 0 heterocycles. The summed E-state index contributed by atoms with van der Waals surface area (Å²) >= 11 is 0. The van der Waals surface area contributed by atoms with E-state index < -0.39 is 72.5 Å². The van der Waals surface area contributed by atoms with Crippen LogP contribution in [0.1, 0.15) is 39.0 Å². The second-order valence-electron chi connectivity index (χ2n) is 10.2. The van der Waals surface area contributed by atoms with Crippen molar-refractivity contribution in [1.82, 2.24) is 0 Å². The van der Waals surface area contributed by atoms with E-state index in [9.17, 15) is 43.9 Å². The zero-order valence-electron chi connectivity index (χ0n) is 20.2. The minimum atomic E-state index is -5.34. The summed E-state index contributed by atoms with van der Waals surface area (Å²) in [6.45, 7) is 2.07. The first-order valence-electron chi connectivity index (χ1n) is 12.3. The highest BCUT2D eigenvalue weighted by Gasteiger charge is 2.53. The standard InChI is InChI=1S/C27H26F10O/c1-13-2-4-14(5-3-13)15-6-7-18(19(28)8-15)16-9-20(29)25(21(30)10-16)27(36,37)38-17-11-22(31)24(23(32)12-17)26(33,34)35/h2,4,7-10,13-15,17,20,22,25H,3,5-6,11-12H2,1H3/t13?,14?,15?,17?,20-,22?,25?/m0/s1. The van der Waals surface area contributed by atoms with Crippen LogP contribution in [-0.2, 0) is 4.74 Å². The lowest BCUT2D eigenvalue weighted by atomic mass is 9.77. The van der Waals surface area contributed by atoms with E-state index >= 15 is 0 Å². The summed E-state index contributed by atoms with van der Waals surface area (Å²) in [7, 11) is 0. The molecule has 0 aromatic rings. The van der Waals surface area contributed by atoms with Crippen molar-refractivity contribution in [3.05, 3.63) is 70.7 Å². The van der Waals surface area contributed by atoms with Gasteiger partial charge in [-0.25, -0.2) is 22.0 Å². The predicted molar refractivity (Wildman–Crippen MR) is 120 cm³/mol. The van der Waals surface area contributed by atoms with Crippen molar-refractivity contribution in [2.45, 2.75) is 69.8 Å². The lowest BCUT2D eigenvalue weighted by Crippen LogP contribution is -2.43. The Kier molecular flexibility index (Phi) is 8.08. The van der Waals surface area contributed by atoms with Crippen LogP contribution in [0.25, 0.3) is 0 Å². The highest BCUT2D eigenvalue weighted by atomic mass is 19.4. The molecule has 0 bridgehead atoms. The van der Waals surface area contributed by atoms with Gasteiger partial charge in [0.15, 0.2) is 0 Å². The van der Waals surface area contributed by atoms with Gasteiger partial charge >= 0.3 is 12.3 Å². The Morgan fingerprint density at radius 2 is 1.63 bits per heavy atom. The van der Waals surface area contributed by atoms with Gasteiger partial charge in [-0.3, -0.25) is 0 Å². The van der Waals surface area contributed by atoms with Gasteiger partial charge in [0, 0.05) is 18.4 Å². The van der Waals surface area contributed by atoms with Gasteiger partial charge in [-0.15, -0.1) is 0 Å². The predicted octanol–water partition coefficient (Wildman–Crippen LogP) is 9.03. The maximum Gasteiger partial charge on any atom is 0.417 e. The highest BCUT2D eigenvalue weighted by molar-refractivity contribution is 5.53. The molecule has 0 saturated heterocycles. The van der Waals surface area contributed by atoms with E-state index in [1.807, 2.05) is 6.08 Å². The molecule has 0 radical (unpaired) electrons. The Bertz CT molecular complexity index is 1110. The van der Waals surface area contributed by atoms with E-state index in [1.54, 1.807) is 0 Å². The molecule has 4 aliphatic carbocycles. The molecule has 0 aromatic heterocycles. The maximum absolute atomic E-state index is 14.9. The molecule has 6 unspecified atom stereocenters. The molecule has 11 heteroatoms. The van der Waals surface area contributed by atoms with Crippen LogP contribution in [0.3, 0.4) is 0 Å². The van der Waals surface area contributed by atoms with Crippen LogP contribution >= 0.6 is 0 Å². The summed E-state index contributed by atoms with van der Waals surface area (Å²) in [4.78, 5) is 0. The van der Waals surface area contributed by atoms with Crippen LogP contribution in [0.15, 0.2) is 70.7 Å². The molecule has 0 aromatic carbocycles. The Morgan fingerprint density at radius 3 is 2.18 bits per heavy atom. The summed E-state index contributed by atoms with van der Waals surface area (Å²) in [6, 6.07) is 0. The Hall–Kier alpha value is -2.30. The molecule has 210 valence electrons. The zero-order valence-corrected chi connectivity index (χ0v) is 20.2. The first kappa shape index (κ1) is 28.7. The van der Waals surface area contributed by atoms with E-state index in [0.29, 0.717) is 24.5 Å².